The topological polar surface area (TPSA) is 57.7 Å². The normalized spacial score (nSPS) is 14.6. The van der Waals surface area contributed by atoms with Gasteiger partial charge in [-0.25, -0.2) is 4.98 Å². The van der Waals surface area contributed by atoms with Crippen LogP contribution < -0.4 is 10.2 Å². The van der Waals surface area contributed by atoms with Crippen molar-refractivity contribution in [1.82, 2.24) is 9.88 Å². The van der Waals surface area contributed by atoms with Crippen molar-refractivity contribution >= 4 is 38.8 Å². The standard InChI is InChI=1S/C21H24N4O2S/c1-24(15-21-23-18-4-2-3-5-19(18)28-21)14-20(26)22-16-6-8-17(9-7-16)25-10-12-27-13-11-25/h2-9H,10-15H2,1H3,(H,22,26). The van der Waals surface area contributed by atoms with E-state index in [-0.39, 0.29) is 5.91 Å². The van der Waals surface area contributed by atoms with E-state index in [4.69, 9.17) is 4.74 Å². The fourth-order valence-corrected chi connectivity index (χ4v) is 4.34. The summed E-state index contributed by atoms with van der Waals surface area (Å²) < 4.78 is 6.56. The number of likely N-dealkylation sites (N-methyl/N-ethyl adjacent to an activating group) is 1. The van der Waals surface area contributed by atoms with Crippen LogP contribution in [-0.4, -0.2) is 55.7 Å². The summed E-state index contributed by atoms with van der Waals surface area (Å²) in [5.41, 5.74) is 2.99. The lowest BCUT2D eigenvalue weighted by Crippen LogP contribution is -2.36. The molecule has 0 aliphatic carbocycles. The number of carbonyl (C=O) groups excluding carboxylic acids is 1. The van der Waals surface area contributed by atoms with E-state index < -0.39 is 0 Å². The number of carbonyl (C=O) groups is 1. The van der Waals surface area contributed by atoms with Gasteiger partial charge in [-0.2, -0.15) is 0 Å². The third-order valence-electron chi connectivity index (χ3n) is 4.68. The van der Waals surface area contributed by atoms with Crippen molar-refractivity contribution in [3.63, 3.8) is 0 Å². The van der Waals surface area contributed by atoms with E-state index in [0.717, 1.165) is 48.2 Å². The van der Waals surface area contributed by atoms with Crippen molar-refractivity contribution in [1.29, 1.82) is 0 Å². The van der Waals surface area contributed by atoms with Crippen molar-refractivity contribution in [2.24, 2.45) is 0 Å². The molecule has 2 aromatic carbocycles. The van der Waals surface area contributed by atoms with Crippen LogP contribution >= 0.6 is 11.3 Å². The minimum atomic E-state index is -0.0252. The first-order valence-corrected chi connectivity index (χ1v) is 10.2. The number of hydrogen-bond donors (Lipinski definition) is 1. The number of aromatic nitrogens is 1. The van der Waals surface area contributed by atoms with Gasteiger partial charge in [-0.3, -0.25) is 9.69 Å². The minimum absolute atomic E-state index is 0.0252. The molecule has 0 bridgehead atoms. The minimum Gasteiger partial charge on any atom is -0.378 e. The average Bonchev–Trinajstić information content (AvgIpc) is 3.11. The van der Waals surface area contributed by atoms with Gasteiger partial charge in [-0.05, 0) is 43.4 Å². The monoisotopic (exact) mass is 396 g/mol. The van der Waals surface area contributed by atoms with Gasteiger partial charge in [-0.1, -0.05) is 12.1 Å². The van der Waals surface area contributed by atoms with Crippen molar-refractivity contribution in [2.45, 2.75) is 6.54 Å². The first-order valence-electron chi connectivity index (χ1n) is 9.43. The molecule has 1 aromatic heterocycles. The molecular formula is C21H24N4O2S. The van der Waals surface area contributed by atoms with E-state index >= 15 is 0 Å². The third-order valence-corrected chi connectivity index (χ3v) is 5.71. The largest absolute Gasteiger partial charge is 0.378 e. The molecule has 0 spiro atoms. The molecule has 2 heterocycles. The maximum absolute atomic E-state index is 12.4. The molecule has 6 nitrogen and oxygen atoms in total. The van der Waals surface area contributed by atoms with Gasteiger partial charge < -0.3 is 15.0 Å². The van der Waals surface area contributed by atoms with Crippen LogP contribution in [0.3, 0.4) is 0 Å². The van der Waals surface area contributed by atoms with Gasteiger partial charge in [0.05, 0.1) is 36.5 Å². The number of amides is 1. The molecule has 3 aromatic rings. The SMILES string of the molecule is CN(CC(=O)Nc1ccc(N2CCOCC2)cc1)Cc1nc2ccccc2s1. The van der Waals surface area contributed by atoms with Gasteiger partial charge in [0.2, 0.25) is 5.91 Å². The number of thiazole rings is 1. The number of morpholine rings is 1. The molecule has 1 saturated heterocycles. The summed E-state index contributed by atoms with van der Waals surface area (Å²) in [6.45, 7) is 4.31. The molecular weight excluding hydrogens is 372 g/mol. The first-order chi connectivity index (χ1) is 13.7. The highest BCUT2D eigenvalue weighted by atomic mass is 32.1. The van der Waals surface area contributed by atoms with Crippen LogP contribution in [0.4, 0.5) is 11.4 Å². The molecule has 7 heteroatoms. The van der Waals surface area contributed by atoms with Gasteiger partial charge in [-0.15, -0.1) is 11.3 Å². The predicted molar refractivity (Wildman–Crippen MR) is 114 cm³/mol. The molecule has 0 atom stereocenters. The molecule has 1 aliphatic heterocycles. The number of hydrogen-bond acceptors (Lipinski definition) is 6. The van der Waals surface area contributed by atoms with E-state index in [2.05, 4.69) is 21.3 Å². The number of nitrogens with one attached hydrogen (secondary N) is 1. The number of benzene rings is 2. The van der Waals surface area contributed by atoms with Crippen molar-refractivity contribution < 1.29 is 9.53 Å². The van der Waals surface area contributed by atoms with E-state index in [0.29, 0.717) is 13.1 Å². The van der Waals surface area contributed by atoms with E-state index in [1.165, 1.54) is 4.70 Å². The van der Waals surface area contributed by atoms with Crippen LogP contribution in [0, 0.1) is 0 Å². The Hall–Kier alpha value is -2.48. The summed E-state index contributed by atoms with van der Waals surface area (Å²) in [5.74, 6) is -0.0252. The Balaban J connectivity index is 1.29. The van der Waals surface area contributed by atoms with E-state index in [9.17, 15) is 4.79 Å². The third kappa shape index (κ3) is 4.67. The second kappa shape index (κ2) is 8.68. The molecule has 0 unspecified atom stereocenters. The number of para-hydroxylation sites is 1. The fourth-order valence-electron chi connectivity index (χ4n) is 3.30. The van der Waals surface area contributed by atoms with Crippen LogP contribution in [0.1, 0.15) is 5.01 Å². The Labute approximate surface area is 168 Å². The molecule has 4 rings (SSSR count). The molecule has 0 saturated carbocycles. The number of nitrogens with zero attached hydrogens (tertiary/aromatic N) is 3. The smallest absolute Gasteiger partial charge is 0.238 e. The average molecular weight is 397 g/mol. The highest BCUT2D eigenvalue weighted by Gasteiger charge is 2.13. The Bertz CT molecular complexity index is 902. The Kier molecular flexibility index (Phi) is 5.85. The van der Waals surface area contributed by atoms with Crippen molar-refractivity contribution in [3.8, 4) is 0 Å². The number of anilines is 2. The highest BCUT2D eigenvalue weighted by Crippen LogP contribution is 2.22. The van der Waals surface area contributed by atoms with E-state index in [1.54, 1.807) is 11.3 Å². The van der Waals surface area contributed by atoms with Gasteiger partial charge in [0.15, 0.2) is 0 Å². The van der Waals surface area contributed by atoms with Gasteiger partial charge >= 0.3 is 0 Å². The lowest BCUT2D eigenvalue weighted by molar-refractivity contribution is -0.117. The zero-order chi connectivity index (χ0) is 19.3. The molecule has 1 aliphatic rings. The quantitative estimate of drug-likeness (QED) is 0.693. The highest BCUT2D eigenvalue weighted by molar-refractivity contribution is 7.18. The van der Waals surface area contributed by atoms with Crippen LogP contribution in [0.15, 0.2) is 48.5 Å². The Morgan fingerprint density at radius 2 is 1.93 bits per heavy atom. The van der Waals surface area contributed by atoms with Gasteiger partial charge in [0.25, 0.3) is 0 Å². The summed E-state index contributed by atoms with van der Waals surface area (Å²) in [6, 6.07) is 16.1. The number of fused-ring (bicyclic) bond motifs is 1. The number of ether oxygens (including phenoxy) is 1. The summed E-state index contributed by atoms with van der Waals surface area (Å²) >= 11 is 1.67. The first kappa shape index (κ1) is 18.9. The second-order valence-corrected chi connectivity index (χ2v) is 8.06. The maximum Gasteiger partial charge on any atom is 0.238 e. The zero-order valence-corrected chi connectivity index (χ0v) is 16.7. The number of rotatable bonds is 6. The van der Waals surface area contributed by atoms with Gasteiger partial charge in [0.1, 0.15) is 5.01 Å². The summed E-state index contributed by atoms with van der Waals surface area (Å²) in [6.07, 6.45) is 0. The van der Waals surface area contributed by atoms with Crippen LogP contribution in [0.5, 0.6) is 0 Å². The predicted octanol–water partition coefficient (Wildman–Crippen LogP) is 3.20. The fraction of sp³-hybridized carbons (Fsp3) is 0.333. The molecule has 1 amide bonds. The van der Waals surface area contributed by atoms with Crippen LogP contribution in [0.25, 0.3) is 10.2 Å². The Morgan fingerprint density at radius 1 is 1.18 bits per heavy atom. The summed E-state index contributed by atoms with van der Waals surface area (Å²) in [4.78, 5) is 21.3. The molecule has 0 radical (unpaired) electrons. The molecule has 28 heavy (non-hydrogen) atoms. The summed E-state index contributed by atoms with van der Waals surface area (Å²) in [7, 11) is 1.94. The van der Waals surface area contributed by atoms with Gasteiger partial charge in [0, 0.05) is 24.5 Å². The maximum atomic E-state index is 12.4. The Morgan fingerprint density at radius 3 is 2.68 bits per heavy atom. The van der Waals surface area contributed by atoms with Crippen LogP contribution in [0.2, 0.25) is 0 Å². The van der Waals surface area contributed by atoms with E-state index in [1.807, 2.05) is 54.4 Å². The second-order valence-electron chi connectivity index (χ2n) is 6.94. The molecule has 146 valence electrons. The van der Waals surface area contributed by atoms with Crippen LogP contribution in [-0.2, 0) is 16.1 Å². The summed E-state index contributed by atoms with van der Waals surface area (Å²) in [5, 5.41) is 3.99. The van der Waals surface area contributed by atoms with Crippen molar-refractivity contribution in [2.75, 3.05) is 50.1 Å². The lowest BCUT2D eigenvalue weighted by atomic mass is 10.2. The molecule has 1 fully saturated rings. The lowest BCUT2D eigenvalue weighted by Gasteiger charge is -2.28. The molecule has 1 N–H and O–H groups in total. The van der Waals surface area contributed by atoms with Crippen molar-refractivity contribution in [3.05, 3.63) is 53.5 Å². The zero-order valence-electron chi connectivity index (χ0n) is 15.9.